The van der Waals surface area contributed by atoms with Gasteiger partial charge in [-0.3, -0.25) is 14.6 Å². The summed E-state index contributed by atoms with van der Waals surface area (Å²) >= 11 is 1.47. The van der Waals surface area contributed by atoms with E-state index in [0.717, 1.165) is 29.2 Å². The summed E-state index contributed by atoms with van der Waals surface area (Å²) in [5, 5.41) is 14.0. The van der Waals surface area contributed by atoms with E-state index in [1.165, 1.54) is 11.3 Å². The zero-order valence-electron chi connectivity index (χ0n) is 12.7. The lowest BCUT2D eigenvalue weighted by Gasteiger charge is -2.03. The zero-order chi connectivity index (χ0) is 16.5. The summed E-state index contributed by atoms with van der Waals surface area (Å²) < 4.78 is 0. The fourth-order valence-corrected chi connectivity index (χ4v) is 2.82. The van der Waals surface area contributed by atoms with E-state index in [0.29, 0.717) is 13.0 Å². The Morgan fingerprint density at radius 1 is 1.22 bits per heavy atom. The molecule has 0 spiro atoms. The van der Waals surface area contributed by atoms with E-state index in [1.807, 2.05) is 23.6 Å². The summed E-state index contributed by atoms with van der Waals surface area (Å²) in [6.07, 6.45) is 4.38. The Morgan fingerprint density at radius 3 is 2.83 bits per heavy atom. The molecule has 2 aromatic rings. The molecule has 0 aromatic carbocycles. The van der Waals surface area contributed by atoms with Gasteiger partial charge in [-0.25, -0.2) is 4.98 Å². The summed E-state index contributed by atoms with van der Waals surface area (Å²) in [7, 11) is 0. The Morgan fingerprint density at radius 2 is 2.09 bits per heavy atom. The molecule has 122 valence electrons. The number of carbonyl (C=O) groups is 2. The SMILES string of the molecule is O=C(O)CCCCCNC(=O)Cc1csc(-c2ccccn2)n1. The highest BCUT2D eigenvalue weighted by atomic mass is 32.1. The van der Waals surface area contributed by atoms with E-state index in [2.05, 4.69) is 15.3 Å². The van der Waals surface area contributed by atoms with Gasteiger partial charge in [-0.15, -0.1) is 11.3 Å². The fourth-order valence-electron chi connectivity index (χ4n) is 2.03. The van der Waals surface area contributed by atoms with E-state index < -0.39 is 5.97 Å². The number of amides is 1. The number of hydrogen-bond acceptors (Lipinski definition) is 5. The summed E-state index contributed by atoms with van der Waals surface area (Å²) in [6.45, 7) is 0.565. The van der Waals surface area contributed by atoms with Crippen LogP contribution in [0.25, 0.3) is 10.7 Å². The molecule has 0 saturated carbocycles. The standard InChI is InChI=1S/C16H19N3O3S/c20-14(18-9-4-1-2-7-15(21)22)10-12-11-23-16(19-12)13-6-3-5-8-17-13/h3,5-6,8,11H,1-2,4,7,9-10H2,(H,18,20)(H,21,22). The monoisotopic (exact) mass is 333 g/mol. The van der Waals surface area contributed by atoms with Crippen LogP contribution in [0.2, 0.25) is 0 Å². The van der Waals surface area contributed by atoms with Crippen molar-refractivity contribution in [3.63, 3.8) is 0 Å². The van der Waals surface area contributed by atoms with Gasteiger partial charge >= 0.3 is 5.97 Å². The maximum atomic E-state index is 11.8. The predicted octanol–water partition coefficient (Wildman–Crippen LogP) is 2.51. The highest BCUT2D eigenvalue weighted by molar-refractivity contribution is 7.13. The van der Waals surface area contributed by atoms with E-state index in [9.17, 15) is 9.59 Å². The average Bonchev–Trinajstić information content (AvgIpc) is 3.00. The molecule has 1 amide bonds. The third kappa shape index (κ3) is 6.15. The number of carboxylic acids is 1. The number of hydrogen-bond donors (Lipinski definition) is 2. The minimum Gasteiger partial charge on any atom is -0.481 e. The first-order valence-electron chi connectivity index (χ1n) is 7.49. The van der Waals surface area contributed by atoms with Gasteiger partial charge in [0.25, 0.3) is 0 Å². The lowest BCUT2D eigenvalue weighted by molar-refractivity contribution is -0.137. The van der Waals surface area contributed by atoms with E-state index in [1.54, 1.807) is 6.20 Å². The molecule has 2 aromatic heterocycles. The number of pyridine rings is 1. The van der Waals surface area contributed by atoms with E-state index >= 15 is 0 Å². The third-order valence-electron chi connectivity index (χ3n) is 3.17. The van der Waals surface area contributed by atoms with Crippen LogP contribution in [0.5, 0.6) is 0 Å². The van der Waals surface area contributed by atoms with E-state index in [-0.39, 0.29) is 18.7 Å². The van der Waals surface area contributed by atoms with Crippen LogP contribution < -0.4 is 5.32 Å². The minimum atomic E-state index is -0.777. The molecule has 2 rings (SSSR count). The molecule has 7 heteroatoms. The molecule has 0 atom stereocenters. The van der Waals surface area contributed by atoms with Gasteiger partial charge in [0, 0.05) is 24.5 Å². The molecule has 0 aliphatic rings. The molecular formula is C16H19N3O3S. The quantitative estimate of drug-likeness (QED) is 0.688. The van der Waals surface area contributed by atoms with Crippen molar-refractivity contribution in [1.82, 2.24) is 15.3 Å². The second kappa shape index (κ2) is 8.99. The van der Waals surface area contributed by atoms with Crippen LogP contribution >= 0.6 is 11.3 Å². The smallest absolute Gasteiger partial charge is 0.303 e. The molecule has 0 aliphatic carbocycles. The number of thiazole rings is 1. The Hall–Kier alpha value is -2.28. The van der Waals surface area contributed by atoms with Crippen molar-refractivity contribution < 1.29 is 14.7 Å². The molecule has 6 nitrogen and oxygen atoms in total. The number of aliphatic carboxylic acids is 1. The number of nitrogens with one attached hydrogen (secondary N) is 1. The molecule has 0 aliphatic heterocycles. The van der Waals surface area contributed by atoms with Gasteiger partial charge in [0.2, 0.25) is 5.91 Å². The van der Waals surface area contributed by atoms with Crippen molar-refractivity contribution in [2.75, 3.05) is 6.54 Å². The van der Waals surface area contributed by atoms with Crippen LogP contribution in [0.1, 0.15) is 31.4 Å². The first-order chi connectivity index (χ1) is 11.1. The Bertz CT molecular complexity index is 643. The maximum Gasteiger partial charge on any atom is 0.303 e. The molecular weight excluding hydrogens is 314 g/mol. The number of nitrogens with zero attached hydrogens (tertiary/aromatic N) is 2. The summed E-state index contributed by atoms with van der Waals surface area (Å²) in [5.74, 6) is -0.845. The predicted molar refractivity (Wildman–Crippen MR) is 88.2 cm³/mol. The average molecular weight is 333 g/mol. The van der Waals surface area contributed by atoms with Crippen LogP contribution in [0.15, 0.2) is 29.8 Å². The number of aromatic nitrogens is 2. The molecule has 0 bridgehead atoms. The lowest BCUT2D eigenvalue weighted by Crippen LogP contribution is -2.26. The summed E-state index contributed by atoms with van der Waals surface area (Å²) in [6, 6.07) is 5.64. The topological polar surface area (TPSA) is 92.2 Å². The molecule has 0 saturated heterocycles. The molecule has 0 unspecified atom stereocenters. The Kier molecular flexibility index (Phi) is 6.68. The summed E-state index contributed by atoms with van der Waals surface area (Å²) in [5.41, 5.74) is 1.54. The van der Waals surface area contributed by atoms with Gasteiger partial charge in [-0.2, -0.15) is 0 Å². The molecule has 2 heterocycles. The Labute approximate surface area is 138 Å². The zero-order valence-corrected chi connectivity index (χ0v) is 13.5. The first-order valence-corrected chi connectivity index (χ1v) is 8.37. The van der Waals surface area contributed by atoms with Gasteiger partial charge in [-0.05, 0) is 25.0 Å². The number of carbonyl (C=O) groups excluding carboxylic acids is 1. The molecule has 0 radical (unpaired) electrons. The van der Waals surface area contributed by atoms with Crippen molar-refractivity contribution in [2.24, 2.45) is 0 Å². The van der Waals surface area contributed by atoms with Gasteiger partial charge < -0.3 is 10.4 Å². The normalized spacial score (nSPS) is 10.4. The fraction of sp³-hybridized carbons (Fsp3) is 0.375. The van der Waals surface area contributed by atoms with Crippen molar-refractivity contribution in [3.8, 4) is 10.7 Å². The van der Waals surface area contributed by atoms with Crippen LogP contribution in [0.4, 0.5) is 0 Å². The van der Waals surface area contributed by atoms with Crippen molar-refractivity contribution in [1.29, 1.82) is 0 Å². The van der Waals surface area contributed by atoms with Crippen LogP contribution in [0.3, 0.4) is 0 Å². The number of rotatable bonds is 9. The Balaban J connectivity index is 1.70. The van der Waals surface area contributed by atoms with Crippen LogP contribution in [-0.4, -0.2) is 33.5 Å². The largest absolute Gasteiger partial charge is 0.481 e. The van der Waals surface area contributed by atoms with Gasteiger partial charge in [-0.1, -0.05) is 12.5 Å². The lowest BCUT2D eigenvalue weighted by atomic mass is 10.2. The third-order valence-corrected chi connectivity index (χ3v) is 4.08. The van der Waals surface area contributed by atoms with Crippen molar-refractivity contribution >= 4 is 23.2 Å². The highest BCUT2D eigenvalue weighted by Crippen LogP contribution is 2.21. The van der Waals surface area contributed by atoms with Crippen LogP contribution in [0, 0.1) is 0 Å². The van der Waals surface area contributed by atoms with E-state index in [4.69, 9.17) is 5.11 Å². The highest BCUT2D eigenvalue weighted by Gasteiger charge is 2.09. The number of unbranched alkanes of at least 4 members (excludes halogenated alkanes) is 2. The van der Waals surface area contributed by atoms with Crippen molar-refractivity contribution in [2.45, 2.75) is 32.1 Å². The van der Waals surface area contributed by atoms with Gasteiger partial charge in [0.05, 0.1) is 17.8 Å². The van der Waals surface area contributed by atoms with Gasteiger partial charge in [0.15, 0.2) is 0 Å². The second-order valence-electron chi connectivity index (χ2n) is 5.09. The van der Waals surface area contributed by atoms with Crippen LogP contribution in [-0.2, 0) is 16.0 Å². The number of carboxylic acid groups (broad SMARTS) is 1. The summed E-state index contributed by atoms with van der Waals surface area (Å²) in [4.78, 5) is 30.9. The van der Waals surface area contributed by atoms with Gasteiger partial charge in [0.1, 0.15) is 5.01 Å². The molecule has 0 fully saturated rings. The van der Waals surface area contributed by atoms with Crippen molar-refractivity contribution in [3.05, 3.63) is 35.5 Å². The maximum absolute atomic E-state index is 11.8. The minimum absolute atomic E-state index is 0.0684. The molecule has 2 N–H and O–H groups in total. The molecule has 23 heavy (non-hydrogen) atoms. The second-order valence-corrected chi connectivity index (χ2v) is 5.95. The first kappa shape index (κ1) is 17.1.